The van der Waals surface area contributed by atoms with Crippen molar-refractivity contribution < 1.29 is 19.5 Å². The zero-order valence-corrected chi connectivity index (χ0v) is 6.95. The lowest BCUT2D eigenvalue weighted by Gasteiger charge is -2.03. The van der Waals surface area contributed by atoms with Crippen LogP contribution in [0, 0.1) is 5.92 Å². The van der Waals surface area contributed by atoms with E-state index in [-0.39, 0.29) is 18.6 Å². The summed E-state index contributed by atoms with van der Waals surface area (Å²) < 4.78 is 0. The number of aliphatic carboxylic acids is 1. The molecule has 0 aliphatic carbocycles. The van der Waals surface area contributed by atoms with Crippen LogP contribution in [0.4, 0.5) is 0 Å². The zero-order valence-electron chi connectivity index (χ0n) is 6.95. The van der Waals surface area contributed by atoms with Crippen molar-refractivity contribution in [1.29, 1.82) is 0 Å². The Morgan fingerprint density at radius 1 is 1.50 bits per heavy atom. The van der Waals surface area contributed by atoms with Crippen LogP contribution < -0.4 is 0 Å². The molecule has 0 saturated carbocycles. The SMILES string of the molecule is CC(CCCC(=O)O)C(=O)C=O. The molecule has 0 spiro atoms. The van der Waals surface area contributed by atoms with Crippen molar-refractivity contribution >= 4 is 18.0 Å². The fourth-order valence-electron chi connectivity index (χ4n) is 0.818. The molecule has 0 aromatic rings. The summed E-state index contributed by atoms with van der Waals surface area (Å²) in [5.41, 5.74) is 0. The summed E-state index contributed by atoms with van der Waals surface area (Å²) in [7, 11) is 0. The van der Waals surface area contributed by atoms with Gasteiger partial charge in [-0.15, -0.1) is 0 Å². The number of hydrogen-bond acceptors (Lipinski definition) is 3. The summed E-state index contributed by atoms with van der Waals surface area (Å²) in [5, 5.41) is 8.27. The van der Waals surface area contributed by atoms with Crippen molar-refractivity contribution in [3.05, 3.63) is 0 Å². The first-order valence-electron chi connectivity index (χ1n) is 3.78. The zero-order chi connectivity index (χ0) is 9.56. The molecule has 0 fully saturated rings. The molecular formula is C8H12O4. The molecular weight excluding hydrogens is 160 g/mol. The maximum Gasteiger partial charge on any atom is 0.303 e. The van der Waals surface area contributed by atoms with E-state index in [1.165, 1.54) is 0 Å². The molecule has 1 unspecified atom stereocenters. The Morgan fingerprint density at radius 3 is 2.50 bits per heavy atom. The van der Waals surface area contributed by atoms with Crippen molar-refractivity contribution in [2.24, 2.45) is 5.92 Å². The van der Waals surface area contributed by atoms with Gasteiger partial charge in [0.1, 0.15) is 0 Å². The van der Waals surface area contributed by atoms with Gasteiger partial charge in [-0.2, -0.15) is 0 Å². The lowest BCUT2D eigenvalue weighted by molar-refractivity contribution is -0.137. The largest absolute Gasteiger partial charge is 0.481 e. The minimum absolute atomic E-state index is 0.0521. The van der Waals surface area contributed by atoms with Crippen molar-refractivity contribution in [2.75, 3.05) is 0 Å². The molecule has 1 atom stereocenters. The number of rotatable bonds is 6. The van der Waals surface area contributed by atoms with Crippen molar-refractivity contribution in [2.45, 2.75) is 26.2 Å². The van der Waals surface area contributed by atoms with E-state index < -0.39 is 11.8 Å². The van der Waals surface area contributed by atoms with Crippen LogP contribution in [0.1, 0.15) is 26.2 Å². The molecule has 4 nitrogen and oxygen atoms in total. The van der Waals surface area contributed by atoms with Gasteiger partial charge in [-0.25, -0.2) is 0 Å². The molecule has 0 amide bonds. The second-order valence-corrected chi connectivity index (χ2v) is 2.71. The minimum Gasteiger partial charge on any atom is -0.481 e. The molecule has 0 saturated heterocycles. The summed E-state index contributed by atoms with van der Waals surface area (Å²) in [5.74, 6) is -1.68. The number of Topliss-reactive ketones (excluding diaryl/α,β-unsaturated/α-hetero) is 1. The summed E-state index contributed by atoms with van der Waals surface area (Å²) in [6.45, 7) is 1.62. The highest BCUT2D eigenvalue weighted by molar-refractivity contribution is 6.25. The summed E-state index contributed by atoms with van der Waals surface area (Å²) in [6.07, 6.45) is 1.24. The number of hydrogen-bond donors (Lipinski definition) is 1. The topological polar surface area (TPSA) is 71.4 Å². The van der Waals surface area contributed by atoms with Gasteiger partial charge in [0.2, 0.25) is 0 Å². The van der Waals surface area contributed by atoms with Gasteiger partial charge in [0.05, 0.1) is 0 Å². The van der Waals surface area contributed by atoms with Gasteiger partial charge in [0.15, 0.2) is 12.1 Å². The van der Waals surface area contributed by atoms with Crippen molar-refractivity contribution in [1.82, 2.24) is 0 Å². The Bertz CT molecular complexity index is 185. The monoisotopic (exact) mass is 172 g/mol. The molecule has 1 N–H and O–H groups in total. The highest BCUT2D eigenvalue weighted by atomic mass is 16.4. The number of aldehydes is 1. The standard InChI is InChI=1S/C8H12O4/c1-6(7(10)5-9)3-2-4-8(11)12/h5-6H,2-4H2,1H3,(H,11,12). The quantitative estimate of drug-likeness (QED) is 0.471. The molecule has 12 heavy (non-hydrogen) atoms. The third kappa shape index (κ3) is 4.60. The fourth-order valence-corrected chi connectivity index (χ4v) is 0.818. The second-order valence-electron chi connectivity index (χ2n) is 2.71. The Labute approximate surface area is 70.6 Å². The van der Waals surface area contributed by atoms with Gasteiger partial charge in [0.25, 0.3) is 0 Å². The third-order valence-corrected chi connectivity index (χ3v) is 1.63. The van der Waals surface area contributed by atoms with Crippen molar-refractivity contribution in [3.63, 3.8) is 0 Å². The Balaban J connectivity index is 3.56. The van der Waals surface area contributed by atoms with E-state index in [4.69, 9.17) is 5.11 Å². The van der Waals surface area contributed by atoms with Crippen LogP contribution in [0.25, 0.3) is 0 Å². The second kappa shape index (κ2) is 5.46. The lowest BCUT2D eigenvalue weighted by Crippen LogP contribution is -2.12. The molecule has 0 aromatic heterocycles. The molecule has 0 aliphatic heterocycles. The van der Waals surface area contributed by atoms with E-state index >= 15 is 0 Å². The first-order chi connectivity index (χ1) is 5.57. The van der Waals surface area contributed by atoms with Crippen LogP contribution in [0.2, 0.25) is 0 Å². The van der Waals surface area contributed by atoms with Gasteiger partial charge < -0.3 is 5.11 Å². The van der Waals surface area contributed by atoms with E-state index in [2.05, 4.69) is 0 Å². The number of carbonyl (C=O) groups excluding carboxylic acids is 2. The van der Waals surface area contributed by atoms with Gasteiger partial charge in [-0.05, 0) is 12.8 Å². The molecule has 0 heterocycles. The smallest absolute Gasteiger partial charge is 0.303 e. The number of carbonyl (C=O) groups is 3. The van der Waals surface area contributed by atoms with Crippen LogP contribution in [0.5, 0.6) is 0 Å². The van der Waals surface area contributed by atoms with Crippen LogP contribution in [0.15, 0.2) is 0 Å². The Kier molecular flexibility index (Phi) is 4.92. The minimum atomic E-state index is -0.874. The Morgan fingerprint density at radius 2 is 2.08 bits per heavy atom. The average molecular weight is 172 g/mol. The average Bonchev–Trinajstić information content (AvgIpc) is 2.02. The van der Waals surface area contributed by atoms with Gasteiger partial charge in [-0.1, -0.05) is 6.92 Å². The van der Waals surface area contributed by atoms with Crippen LogP contribution in [-0.2, 0) is 14.4 Å². The normalized spacial score (nSPS) is 12.1. The van der Waals surface area contributed by atoms with E-state index in [1.807, 2.05) is 0 Å². The summed E-state index contributed by atoms with van der Waals surface area (Å²) >= 11 is 0. The highest BCUT2D eigenvalue weighted by Gasteiger charge is 2.11. The molecule has 4 heteroatoms. The highest BCUT2D eigenvalue weighted by Crippen LogP contribution is 2.07. The molecule has 68 valence electrons. The van der Waals surface area contributed by atoms with E-state index in [0.717, 1.165) is 0 Å². The summed E-state index contributed by atoms with van der Waals surface area (Å²) in [4.78, 5) is 30.7. The number of ketones is 1. The van der Waals surface area contributed by atoms with Crippen LogP contribution in [-0.4, -0.2) is 23.1 Å². The number of carboxylic acid groups (broad SMARTS) is 1. The lowest BCUT2D eigenvalue weighted by atomic mass is 10.0. The first-order valence-corrected chi connectivity index (χ1v) is 3.78. The number of carboxylic acids is 1. The van der Waals surface area contributed by atoms with E-state index in [9.17, 15) is 14.4 Å². The van der Waals surface area contributed by atoms with E-state index in [0.29, 0.717) is 12.8 Å². The third-order valence-electron chi connectivity index (χ3n) is 1.63. The predicted octanol–water partition coefficient (Wildman–Crippen LogP) is 0.645. The molecule has 0 radical (unpaired) electrons. The van der Waals surface area contributed by atoms with Gasteiger partial charge in [0, 0.05) is 12.3 Å². The van der Waals surface area contributed by atoms with E-state index in [1.54, 1.807) is 6.92 Å². The van der Waals surface area contributed by atoms with Crippen molar-refractivity contribution in [3.8, 4) is 0 Å². The fraction of sp³-hybridized carbons (Fsp3) is 0.625. The molecule has 0 bridgehead atoms. The predicted molar refractivity (Wildman–Crippen MR) is 41.7 cm³/mol. The van der Waals surface area contributed by atoms with Gasteiger partial charge in [-0.3, -0.25) is 14.4 Å². The molecule has 0 rings (SSSR count). The Hall–Kier alpha value is -1.19. The maximum atomic E-state index is 10.7. The van der Waals surface area contributed by atoms with Crippen LogP contribution in [0.3, 0.4) is 0 Å². The van der Waals surface area contributed by atoms with Crippen LogP contribution >= 0.6 is 0 Å². The first kappa shape index (κ1) is 10.8. The summed E-state index contributed by atoms with van der Waals surface area (Å²) in [6, 6.07) is 0. The maximum absolute atomic E-state index is 10.7. The van der Waals surface area contributed by atoms with Gasteiger partial charge >= 0.3 is 5.97 Å². The molecule has 0 aromatic carbocycles. The molecule has 0 aliphatic rings.